The Morgan fingerprint density at radius 2 is 2.00 bits per heavy atom. The molecule has 0 aromatic heterocycles. The normalized spacial score (nSPS) is 12.2. The van der Waals surface area contributed by atoms with Crippen LogP contribution in [0.2, 0.25) is 5.02 Å². The topological polar surface area (TPSA) is 21.3 Å². The van der Waals surface area contributed by atoms with Crippen molar-refractivity contribution in [2.75, 3.05) is 13.7 Å². The van der Waals surface area contributed by atoms with Crippen molar-refractivity contribution in [3.8, 4) is 5.75 Å². The Morgan fingerprint density at radius 3 is 2.60 bits per heavy atom. The van der Waals surface area contributed by atoms with Gasteiger partial charge in [0, 0.05) is 5.56 Å². The van der Waals surface area contributed by atoms with E-state index in [9.17, 15) is 4.39 Å². The van der Waals surface area contributed by atoms with Crippen molar-refractivity contribution in [3.63, 3.8) is 0 Å². The fourth-order valence-corrected chi connectivity index (χ4v) is 2.45. The fourth-order valence-electron chi connectivity index (χ4n) is 2.18. The molecule has 0 aliphatic rings. The number of hydrogen-bond acceptors (Lipinski definition) is 2. The van der Waals surface area contributed by atoms with Crippen LogP contribution in [0.3, 0.4) is 0 Å². The Kier molecular flexibility index (Phi) is 4.99. The molecular weight excluding hydrogens is 277 g/mol. The molecule has 1 atom stereocenters. The van der Waals surface area contributed by atoms with Gasteiger partial charge in [0.2, 0.25) is 0 Å². The van der Waals surface area contributed by atoms with E-state index in [0.717, 1.165) is 12.1 Å². The molecule has 20 heavy (non-hydrogen) atoms. The second-order valence-electron chi connectivity index (χ2n) is 4.41. The van der Waals surface area contributed by atoms with Crippen LogP contribution >= 0.6 is 11.6 Å². The van der Waals surface area contributed by atoms with Gasteiger partial charge in [-0.05, 0) is 30.3 Å². The lowest BCUT2D eigenvalue weighted by Gasteiger charge is -2.20. The molecular formula is C16H17ClFNO. The first-order valence-corrected chi connectivity index (χ1v) is 6.86. The maximum Gasteiger partial charge on any atom is 0.137 e. The van der Waals surface area contributed by atoms with Gasteiger partial charge >= 0.3 is 0 Å². The van der Waals surface area contributed by atoms with E-state index in [-0.39, 0.29) is 11.9 Å². The minimum absolute atomic E-state index is 0.231. The number of ether oxygens (including phenoxy) is 1. The molecule has 0 aliphatic heterocycles. The van der Waals surface area contributed by atoms with Crippen molar-refractivity contribution < 1.29 is 9.13 Å². The monoisotopic (exact) mass is 293 g/mol. The van der Waals surface area contributed by atoms with Gasteiger partial charge in [-0.25, -0.2) is 4.39 Å². The van der Waals surface area contributed by atoms with Crippen molar-refractivity contribution in [2.45, 2.75) is 13.0 Å². The van der Waals surface area contributed by atoms with Crippen molar-refractivity contribution in [3.05, 3.63) is 64.4 Å². The zero-order chi connectivity index (χ0) is 14.5. The van der Waals surface area contributed by atoms with E-state index in [4.69, 9.17) is 16.3 Å². The summed E-state index contributed by atoms with van der Waals surface area (Å²) in [5.74, 6) is 0.379. The molecule has 0 radical (unpaired) electrons. The van der Waals surface area contributed by atoms with Crippen LogP contribution in [0.4, 0.5) is 4.39 Å². The molecule has 2 aromatic rings. The van der Waals surface area contributed by atoms with Gasteiger partial charge in [0.1, 0.15) is 11.6 Å². The highest BCUT2D eigenvalue weighted by molar-refractivity contribution is 6.32. The minimum atomic E-state index is -0.232. The van der Waals surface area contributed by atoms with E-state index in [0.29, 0.717) is 16.3 Å². The van der Waals surface area contributed by atoms with Crippen molar-refractivity contribution in [2.24, 2.45) is 0 Å². The molecule has 2 nitrogen and oxygen atoms in total. The van der Waals surface area contributed by atoms with Crippen LogP contribution < -0.4 is 10.1 Å². The summed E-state index contributed by atoms with van der Waals surface area (Å²) in [5, 5.41) is 3.80. The number of benzene rings is 2. The molecule has 0 aliphatic carbocycles. The summed E-state index contributed by atoms with van der Waals surface area (Å²) in [5.41, 5.74) is 1.51. The maximum atomic E-state index is 14.0. The SMILES string of the molecule is CCNC(c1ccc(OC)c(Cl)c1)c1ccccc1F. The number of rotatable bonds is 5. The first kappa shape index (κ1) is 14.8. The summed E-state index contributed by atoms with van der Waals surface area (Å²) in [7, 11) is 1.57. The smallest absolute Gasteiger partial charge is 0.137 e. The standard InChI is InChI=1S/C16H17ClFNO/c1-3-19-16(12-6-4-5-7-14(12)18)11-8-9-15(20-2)13(17)10-11/h4-10,16,19H,3H2,1-2H3. The second-order valence-corrected chi connectivity index (χ2v) is 4.81. The zero-order valence-corrected chi connectivity index (χ0v) is 12.2. The van der Waals surface area contributed by atoms with E-state index in [1.807, 2.05) is 19.1 Å². The molecule has 0 amide bonds. The quantitative estimate of drug-likeness (QED) is 0.892. The van der Waals surface area contributed by atoms with Crippen molar-refractivity contribution in [1.29, 1.82) is 0 Å². The Balaban J connectivity index is 2.43. The van der Waals surface area contributed by atoms with E-state index in [1.165, 1.54) is 6.07 Å². The second kappa shape index (κ2) is 6.73. The number of methoxy groups -OCH3 is 1. The lowest BCUT2D eigenvalue weighted by Crippen LogP contribution is -2.23. The van der Waals surface area contributed by atoms with E-state index < -0.39 is 0 Å². The lowest BCUT2D eigenvalue weighted by atomic mass is 9.98. The van der Waals surface area contributed by atoms with Gasteiger partial charge in [-0.2, -0.15) is 0 Å². The third-order valence-electron chi connectivity index (χ3n) is 3.13. The number of halogens is 2. The highest BCUT2D eigenvalue weighted by atomic mass is 35.5. The Morgan fingerprint density at radius 1 is 1.25 bits per heavy atom. The molecule has 0 saturated carbocycles. The average molecular weight is 294 g/mol. The molecule has 0 spiro atoms. The fraction of sp³-hybridized carbons (Fsp3) is 0.250. The largest absolute Gasteiger partial charge is 0.495 e. The van der Waals surface area contributed by atoms with Crippen LogP contribution in [0, 0.1) is 5.82 Å². The summed E-state index contributed by atoms with van der Waals surface area (Å²) >= 11 is 6.15. The molecule has 1 N–H and O–H groups in total. The first-order chi connectivity index (χ1) is 9.67. The summed E-state index contributed by atoms with van der Waals surface area (Å²) < 4.78 is 19.1. The third kappa shape index (κ3) is 3.11. The van der Waals surface area contributed by atoms with Gasteiger partial charge in [0.15, 0.2) is 0 Å². The van der Waals surface area contributed by atoms with E-state index in [2.05, 4.69) is 5.32 Å². The maximum absolute atomic E-state index is 14.0. The molecule has 106 valence electrons. The molecule has 2 aromatic carbocycles. The lowest BCUT2D eigenvalue weighted by molar-refractivity contribution is 0.414. The van der Waals surface area contributed by atoms with Crippen LogP contribution in [-0.2, 0) is 0 Å². The minimum Gasteiger partial charge on any atom is -0.495 e. The molecule has 2 rings (SSSR count). The van der Waals surface area contributed by atoms with Gasteiger partial charge in [-0.3, -0.25) is 0 Å². The molecule has 1 unspecified atom stereocenters. The predicted octanol–water partition coefficient (Wildman–Crippen LogP) is 4.19. The number of hydrogen-bond donors (Lipinski definition) is 1. The summed E-state index contributed by atoms with van der Waals surface area (Å²) in [6.45, 7) is 2.71. The number of nitrogens with one attached hydrogen (secondary N) is 1. The van der Waals surface area contributed by atoms with Crippen LogP contribution in [0.1, 0.15) is 24.1 Å². The predicted molar refractivity (Wildman–Crippen MR) is 79.9 cm³/mol. The molecule has 0 bridgehead atoms. The van der Waals surface area contributed by atoms with Gasteiger partial charge in [-0.1, -0.05) is 42.8 Å². The molecule has 0 saturated heterocycles. The van der Waals surface area contributed by atoms with Gasteiger partial charge in [-0.15, -0.1) is 0 Å². The summed E-state index contributed by atoms with van der Waals surface area (Å²) in [6.07, 6.45) is 0. The van der Waals surface area contributed by atoms with Crippen LogP contribution in [0.25, 0.3) is 0 Å². The van der Waals surface area contributed by atoms with Crippen LogP contribution in [0.15, 0.2) is 42.5 Å². The van der Waals surface area contributed by atoms with E-state index in [1.54, 1.807) is 31.4 Å². The zero-order valence-electron chi connectivity index (χ0n) is 11.5. The Labute approximate surface area is 123 Å². The van der Waals surface area contributed by atoms with E-state index >= 15 is 0 Å². The molecule has 0 heterocycles. The summed E-state index contributed by atoms with van der Waals surface area (Å²) in [6, 6.07) is 12.0. The van der Waals surface area contributed by atoms with Crippen molar-refractivity contribution in [1.82, 2.24) is 5.32 Å². The van der Waals surface area contributed by atoms with Gasteiger partial charge < -0.3 is 10.1 Å². The van der Waals surface area contributed by atoms with Crippen molar-refractivity contribution >= 4 is 11.6 Å². The highest BCUT2D eigenvalue weighted by Crippen LogP contribution is 2.31. The average Bonchev–Trinajstić information content (AvgIpc) is 2.46. The third-order valence-corrected chi connectivity index (χ3v) is 3.43. The highest BCUT2D eigenvalue weighted by Gasteiger charge is 2.17. The Hall–Kier alpha value is -1.58. The molecule has 4 heteroatoms. The summed E-state index contributed by atoms with van der Waals surface area (Å²) in [4.78, 5) is 0. The van der Waals surface area contributed by atoms with Gasteiger partial charge in [0.25, 0.3) is 0 Å². The van der Waals surface area contributed by atoms with Crippen LogP contribution in [0.5, 0.6) is 5.75 Å². The Bertz CT molecular complexity index is 588. The van der Waals surface area contributed by atoms with Crippen LogP contribution in [-0.4, -0.2) is 13.7 Å². The first-order valence-electron chi connectivity index (χ1n) is 6.48. The molecule has 0 fully saturated rings. The van der Waals surface area contributed by atoms with Gasteiger partial charge in [0.05, 0.1) is 18.2 Å².